The van der Waals surface area contributed by atoms with Crippen molar-refractivity contribution in [3.8, 4) is 0 Å². The van der Waals surface area contributed by atoms with E-state index in [1.807, 2.05) is 5.38 Å². The van der Waals surface area contributed by atoms with E-state index in [4.69, 9.17) is 0 Å². The van der Waals surface area contributed by atoms with Crippen molar-refractivity contribution >= 4 is 29.3 Å². The largest absolute Gasteiger partial charge is 0.298 e. The van der Waals surface area contributed by atoms with E-state index in [1.54, 1.807) is 24.4 Å². The van der Waals surface area contributed by atoms with Gasteiger partial charge in [0, 0.05) is 17.2 Å². The average molecular weight is 233 g/mol. The van der Waals surface area contributed by atoms with E-state index in [0.717, 1.165) is 11.3 Å². The predicted octanol–water partition coefficient (Wildman–Crippen LogP) is 3.02. The molecule has 2 rings (SSSR count). The average Bonchev–Trinajstić information content (AvgIpc) is 2.80. The third-order valence-corrected chi connectivity index (χ3v) is 2.76. The molecule has 0 aliphatic rings. The zero-order chi connectivity index (χ0) is 11.4. The molecule has 80 valence electrons. The molecule has 2 aromatic rings. The Balaban J connectivity index is 2.36. The van der Waals surface area contributed by atoms with Gasteiger partial charge in [0.05, 0.1) is 0 Å². The highest BCUT2D eigenvalue weighted by Gasteiger charge is 2.02. The molecule has 0 fully saturated rings. The van der Waals surface area contributed by atoms with E-state index in [-0.39, 0.29) is 5.82 Å². The van der Waals surface area contributed by atoms with Crippen LogP contribution in [0.3, 0.4) is 0 Å². The molecule has 0 aliphatic heterocycles. The number of aromatic nitrogens is 1. The van der Waals surface area contributed by atoms with Crippen molar-refractivity contribution in [2.75, 3.05) is 0 Å². The lowest BCUT2D eigenvalue weighted by Crippen LogP contribution is -1.86. The first-order chi connectivity index (χ1) is 7.79. The number of halogens is 1. The van der Waals surface area contributed by atoms with Gasteiger partial charge in [0.25, 0.3) is 0 Å². The molecule has 0 amide bonds. The number of nitrogens with zero attached hydrogens (tertiary/aromatic N) is 1. The molecule has 1 aromatic carbocycles. The SMILES string of the molecule is O=CC(=Cc1nccs1)c1ccc(F)cc1. The van der Waals surface area contributed by atoms with Crippen LogP contribution in [0.15, 0.2) is 35.8 Å². The fourth-order valence-corrected chi connectivity index (χ4v) is 1.84. The molecule has 16 heavy (non-hydrogen) atoms. The Morgan fingerprint density at radius 1 is 1.31 bits per heavy atom. The maximum Gasteiger partial charge on any atom is 0.150 e. The van der Waals surface area contributed by atoms with Gasteiger partial charge in [0.15, 0.2) is 6.29 Å². The molecule has 1 aromatic heterocycles. The van der Waals surface area contributed by atoms with Gasteiger partial charge < -0.3 is 0 Å². The van der Waals surface area contributed by atoms with Crippen molar-refractivity contribution in [1.82, 2.24) is 4.98 Å². The fourth-order valence-electron chi connectivity index (χ4n) is 1.27. The van der Waals surface area contributed by atoms with Crippen LogP contribution in [0, 0.1) is 5.82 Å². The molecule has 0 bridgehead atoms. The van der Waals surface area contributed by atoms with Crippen LogP contribution < -0.4 is 0 Å². The first-order valence-electron chi connectivity index (χ1n) is 4.62. The Labute approximate surface area is 96.1 Å². The Hall–Kier alpha value is -1.81. The van der Waals surface area contributed by atoms with Crippen LogP contribution in [0.2, 0.25) is 0 Å². The Bertz CT molecular complexity index is 502. The number of benzene rings is 1. The second-order valence-corrected chi connectivity index (χ2v) is 4.02. The molecule has 0 atom stereocenters. The van der Waals surface area contributed by atoms with Gasteiger partial charge in [-0.1, -0.05) is 12.1 Å². The van der Waals surface area contributed by atoms with E-state index in [2.05, 4.69) is 4.98 Å². The van der Waals surface area contributed by atoms with Crippen molar-refractivity contribution < 1.29 is 9.18 Å². The summed E-state index contributed by atoms with van der Waals surface area (Å²) in [5.41, 5.74) is 1.18. The number of allylic oxidation sites excluding steroid dienone is 1. The van der Waals surface area contributed by atoms with Crippen LogP contribution in [0.25, 0.3) is 11.6 Å². The van der Waals surface area contributed by atoms with Crippen LogP contribution in [-0.2, 0) is 4.79 Å². The van der Waals surface area contributed by atoms with Gasteiger partial charge in [-0.15, -0.1) is 11.3 Å². The number of aldehydes is 1. The van der Waals surface area contributed by atoms with Crippen molar-refractivity contribution in [1.29, 1.82) is 0 Å². The van der Waals surface area contributed by atoms with Gasteiger partial charge in [-0.3, -0.25) is 4.79 Å². The minimum atomic E-state index is -0.316. The standard InChI is InChI=1S/C12H8FNOS/c13-11-3-1-9(2-4-11)10(8-15)7-12-14-5-6-16-12/h1-8H. The molecule has 0 aliphatic carbocycles. The topological polar surface area (TPSA) is 30.0 Å². The lowest BCUT2D eigenvalue weighted by Gasteiger charge is -1.98. The summed E-state index contributed by atoms with van der Waals surface area (Å²) in [6.45, 7) is 0. The first kappa shape index (κ1) is 10.7. The molecule has 0 saturated heterocycles. The summed E-state index contributed by atoms with van der Waals surface area (Å²) >= 11 is 1.44. The number of thiazole rings is 1. The highest BCUT2D eigenvalue weighted by atomic mass is 32.1. The molecule has 0 radical (unpaired) electrons. The number of rotatable bonds is 3. The minimum Gasteiger partial charge on any atom is -0.298 e. The number of hydrogen-bond acceptors (Lipinski definition) is 3. The lowest BCUT2D eigenvalue weighted by atomic mass is 10.1. The van der Waals surface area contributed by atoms with Gasteiger partial charge in [-0.2, -0.15) is 0 Å². The second-order valence-electron chi connectivity index (χ2n) is 3.09. The van der Waals surface area contributed by atoms with E-state index in [9.17, 15) is 9.18 Å². The molecule has 1 heterocycles. The highest BCUT2D eigenvalue weighted by Crippen LogP contribution is 2.17. The normalized spacial score (nSPS) is 11.4. The summed E-state index contributed by atoms with van der Waals surface area (Å²) in [7, 11) is 0. The fraction of sp³-hybridized carbons (Fsp3) is 0. The number of carbonyl (C=O) groups excluding carboxylic acids is 1. The minimum absolute atomic E-state index is 0.316. The molecule has 2 nitrogen and oxygen atoms in total. The quantitative estimate of drug-likeness (QED) is 0.602. The van der Waals surface area contributed by atoms with Crippen molar-refractivity contribution in [3.63, 3.8) is 0 Å². The second kappa shape index (κ2) is 4.81. The Morgan fingerprint density at radius 2 is 2.06 bits per heavy atom. The van der Waals surface area contributed by atoms with Crippen molar-refractivity contribution in [3.05, 3.63) is 52.2 Å². The monoisotopic (exact) mass is 233 g/mol. The lowest BCUT2D eigenvalue weighted by molar-refractivity contribution is -0.103. The maximum atomic E-state index is 12.7. The number of carbonyl (C=O) groups is 1. The summed E-state index contributed by atoms with van der Waals surface area (Å²) in [5.74, 6) is -0.316. The number of hydrogen-bond donors (Lipinski definition) is 0. The molecule has 4 heteroatoms. The molecule has 0 spiro atoms. The smallest absolute Gasteiger partial charge is 0.150 e. The summed E-state index contributed by atoms with van der Waals surface area (Å²) in [4.78, 5) is 15.0. The molecule has 0 unspecified atom stereocenters. The van der Waals surface area contributed by atoms with Crippen LogP contribution in [0.4, 0.5) is 4.39 Å². The zero-order valence-electron chi connectivity index (χ0n) is 8.26. The summed E-state index contributed by atoms with van der Waals surface area (Å²) in [5, 5.41) is 2.59. The first-order valence-corrected chi connectivity index (χ1v) is 5.50. The van der Waals surface area contributed by atoms with E-state index in [0.29, 0.717) is 11.1 Å². The molecular weight excluding hydrogens is 225 g/mol. The van der Waals surface area contributed by atoms with Crippen LogP contribution >= 0.6 is 11.3 Å². The molecular formula is C12H8FNOS. The predicted molar refractivity (Wildman–Crippen MR) is 62.4 cm³/mol. The van der Waals surface area contributed by atoms with Gasteiger partial charge in [0.2, 0.25) is 0 Å². The highest BCUT2D eigenvalue weighted by molar-refractivity contribution is 7.10. The third kappa shape index (κ3) is 2.41. The zero-order valence-corrected chi connectivity index (χ0v) is 9.08. The van der Waals surface area contributed by atoms with E-state index < -0.39 is 0 Å². The van der Waals surface area contributed by atoms with Crippen LogP contribution in [-0.4, -0.2) is 11.3 Å². The summed E-state index contributed by atoms with van der Waals surface area (Å²) in [6, 6.07) is 5.80. The van der Waals surface area contributed by atoms with E-state index in [1.165, 1.54) is 23.5 Å². The van der Waals surface area contributed by atoms with Crippen LogP contribution in [0.1, 0.15) is 10.6 Å². The summed E-state index contributed by atoms with van der Waals surface area (Å²) in [6.07, 6.45) is 4.10. The van der Waals surface area contributed by atoms with Gasteiger partial charge in [-0.25, -0.2) is 9.37 Å². The van der Waals surface area contributed by atoms with Gasteiger partial charge in [0.1, 0.15) is 10.8 Å². The van der Waals surface area contributed by atoms with Gasteiger partial charge in [-0.05, 0) is 23.8 Å². The molecule has 0 N–H and O–H groups in total. The third-order valence-electron chi connectivity index (χ3n) is 2.03. The summed E-state index contributed by atoms with van der Waals surface area (Å²) < 4.78 is 12.7. The van der Waals surface area contributed by atoms with Crippen molar-refractivity contribution in [2.24, 2.45) is 0 Å². The Kier molecular flexibility index (Phi) is 3.22. The van der Waals surface area contributed by atoms with Crippen LogP contribution in [0.5, 0.6) is 0 Å². The molecule has 0 saturated carbocycles. The maximum absolute atomic E-state index is 12.7. The van der Waals surface area contributed by atoms with Gasteiger partial charge >= 0.3 is 0 Å². The van der Waals surface area contributed by atoms with Crippen molar-refractivity contribution in [2.45, 2.75) is 0 Å². The Morgan fingerprint density at radius 3 is 2.62 bits per heavy atom. The van der Waals surface area contributed by atoms with E-state index >= 15 is 0 Å².